The Labute approximate surface area is 115 Å². The molecule has 1 aromatic rings. The van der Waals surface area contributed by atoms with Gasteiger partial charge in [-0.05, 0) is 33.1 Å². The summed E-state index contributed by atoms with van der Waals surface area (Å²) in [4.78, 5) is 4.38. The van der Waals surface area contributed by atoms with E-state index in [0.29, 0.717) is 6.42 Å². The zero-order chi connectivity index (χ0) is 14.0. The average molecular weight is 292 g/mol. The van der Waals surface area contributed by atoms with Crippen molar-refractivity contribution >= 4 is 11.3 Å². The number of alkyl halides is 3. The third-order valence-corrected chi connectivity index (χ3v) is 4.49. The van der Waals surface area contributed by atoms with Crippen molar-refractivity contribution in [2.24, 2.45) is 5.92 Å². The summed E-state index contributed by atoms with van der Waals surface area (Å²) >= 11 is 1.57. The summed E-state index contributed by atoms with van der Waals surface area (Å²) in [7, 11) is 0. The number of aryl methyl sites for hydroxylation is 1. The van der Waals surface area contributed by atoms with E-state index in [2.05, 4.69) is 10.3 Å². The predicted octanol–water partition coefficient (Wildman–Crippen LogP) is 4.22. The molecular weight excluding hydrogens is 273 g/mol. The van der Waals surface area contributed by atoms with Gasteiger partial charge >= 0.3 is 6.18 Å². The van der Waals surface area contributed by atoms with Gasteiger partial charge in [0.25, 0.3) is 0 Å². The second kappa shape index (κ2) is 5.79. The number of hydrogen-bond acceptors (Lipinski definition) is 3. The van der Waals surface area contributed by atoms with Gasteiger partial charge in [-0.3, -0.25) is 0 Å². The largest absolute Gasteiger partial charge is 0.391 e. The van der Waals surface area contributed by atoms with Crippen LogP contribution in [0.1, 0.15) is 49.4 Å². The zero-order valence-electron chi connectivity index (χ0n) is 11.1. The SMILES string of the molecule is Cc1nc(C(C)NC2CCCC(C(F)(F)F)C2)cs1. The van der Waals surface area contributed by atoms with Gasteiger partial charge in [-0.1, -0.05) is 6.42 Å². The van der Waals surface area contributed by atoms with Gasteiger partial charge in [-0.2, -0.15) is 13.2 Å². The monoisotopic (exact) mass is 292 g/mol. The number of halogens is 3. The molecule has 0 radical (unpaired) electrons. The first-order valence-electron chi connectivity index (χ1n) is 6.61. The van der Waals surface area contributed by atoms with Crippen molar-refractivity contribution in [2.45, 2.75) is 57.8 Å². The molecule has 19 heavy (non-hydrogen) atoms. The molecule has 3 atom stereocenters. The van der Waals surface area contributed by atoms with Crippen molar-refractivity contribution in [3.05, 3.63) is 16.1 Å². The molecule has 0 bridgehead atoms. The Morgan fingerprint density at radius 2 is 2.16 bits per heavy atom. The van der Waals surface area contributed by atoms with E-state index in [4.69, 9.17) is 0 Å². The first-order chi connectivity index (χ1) is 8.86. The van der Waals surface area contributed by atoms with E-state index in [0.717, 1.165) is 17.1 Å². The fourth-order valence-corrected chi connectivity index (χ4v) is 3.36. The van der Waals surface area contributed by atoms with E-state index >= 15 is 0 Å². The Hall–Kier alpha value is -0.620. The lowest BCUT2D eigenvalue weighted by Crippen LogP contribution is -2.39. The predicted molar refractivity (Wildman–Crippen MR) is 70.2 cm³/mol. The number of nitrogens with zero attached hydrogens (tertiary/aromatic N) is 1. The molecule has 3 unspecified atom stereocenters. The maximum atomic E-state index is 12.7. The van der Waals surface area contributed by atoms with Crippen LogP contribution < -0.4 is 5.32 Å². The van der Waals surface area contributed by atoms with E-state index in [-0.39, 0.29) is 24.9 Å². The van der Waals surface area contributed by atoms with Crippen LogP contribution in [-0.4, -0.2) is 17.2 Å². The molecule has 1 fully saturated rings. The molecular formula is C13H19F3N2S. The van der Waals surface area contributed by atoms with Crippen LogP contribution in [0, 0.1) is 12.8 Å². The van der Waals surface area contributed by atoms with E-state index < -0.39 is 12.1 Å². The lowest BCUT2D eigenvalue weighted by molar-refractivity contribution is -0.183. The van der Waals surface area contributed by atoms with Crippen molar-refractivity contribution in [1.29, 1.82) is 0 Å². The Morgan fingerprint density at radius 3 is 2.74 bits per heavy atom. The summed E-state index contributed by atoms with van der Waals surface area (Å²) < 4.78 is 38.2. The van der Waals surface area contributed by atoms with E-state index in [1.807, 2.05) is 19.2 Å². The van der Waals surface area contributed by atoms with Crippen LogP contribution in [0.3, 0.4) is 0 Å². The van der Waals surface area contributed by atoms with Crippen molar-refractivity contribution < 1.29 is 13.2 Å². The number of rotatable bonds is 3. The van der Waals surface area contributed by atoms with Crippen molar-refractivity contribution in [1.82, 2.24) is 10.3 Å². The maximum Gasteiger partial charge on any atom is 0.391 e. The van der Waals surface area contributed by atoms with E-state index in [1.54, 1.807) is 11.3 Å². The van der Waals surface area contributed by atoms with Crippen LogP contribution >= 0.6 is 11.3 Å². The number of hydrogen-bond donors (Lipinski definition) is 1. The molecule has 108 valence electrons. The Kier molecular flexibility index (Phi) is 4.50. The molecule has 1 saturated carbocycles. The standard InChI is InChI=1S/C13H19F3N2S/c1-8(12-7-19-9(2)18-12)17-11-5-3-4-10(6-11)13(14,15)16/h7-8,10-11,17H,3-6H2,1-2H3. The smallest absolute Gasteiger partial charge is 0.306 e. The van der Waals surface area contributed by atoms with Gasteiger partial charge < -0.3 is 5.32 Å². The zero-order valence-corrected chi connectivity index (χ0v) is 11.9. The van der Waals surface area contributed by atoms with Gasteiger partial charge in [0.15, 0.2) is 0 Å². The topological polar surface area (TPSA) is 24.9 Å². The quantitative estimate of drug-likeness (QED) is 0.902. The second-order valence-corrected chi connectivity index (χ2v) is 6.34. The molecule has 0 aromatic carbocycles. The molecule has 2 nitrogen and oxygen atoms in total. The van der Waals surface area contributed by atoms with Gasteiger partial charge in [0.2, 0.25) is 0 Å². The number of nitrogens with one attached hydrogen (secondary N) is 1. The lowest BCUT2D eigenvalue weighted by Gasteiger charge is -2.32. The molecule has 0 spiro atoms. The summed E-state index contributed by atoms with van der Waals surface area (Å²) in [6.07, 6.45) is -2.13. The van der Waals surface area contributed by atoms with Gasteiger partial charge in [0, 0.05) is 17.5 Å². The van der Waals surface area contributed by atoms with Crippen LogP contribution in [-0.2, 0) is 0 Å². The Bertz CT molecular complexity index is 416. The summed E-state index contributed by atoms with van der Waals surface area (Å²) in [6.45, 7) is 3.90. The lowest BCUT2D eigenvalue weighted by atomic mass is 9.85. The summed E-state index contributed by atoms with van der Waals surface area (Å²) in [5.74, 6) is -1.15. The summed E-state index contributed by atoms with van der Waals surface area (Å²) in [5, 5.41) is 6.25. The van der Waals surface area contributed by atoms with Gasteiger partial charge in [0.1, 0.15) is 0 Å². The van der Waals surface area contributed by atoms with Crippen LogP contribution in [0.2, 0.25) is 0 Å². The van der Waals surface area contributed by atoms with E-state index in [1.165, 1.54) is 0 Å². The first-order valence-corrected chi connectivity index (χ1v) is 7.49. The van der Waals surface area contributed by atoms with Crippen molar-refractivity contribution in [3.8, 4) is 0 Å². The minimum Gasteiger partial charge on any atom is -0.306 e. The highest BCUT2D eigenvalue weighted by molar-refractivity contribution is 7.09. The molecule has 1 aliphatic rings. The fraction of sp³-hybridized carbons (Fsp3) is 0.769. The molecule has 0 saturated heterocycles. The minimum absolute atomic E-state index is 0.0157. The van der Waals surface area contributed by atoms with Crippen LogP contribution in [0.5, 0.6) is 0 Å². The van der Waals surface area contributed by atoms with Crippen LogP contribution in [0.15, 0.2) is 5.38 Å². The highest BCUT2D eigenvalue weighted by Crippen LogP contribution is 2.38. The molecule has 0 aliphatic heterocycles. The molecule has 1 heterocycles. The molecule has 2 rings (SSSR count). The van der Waals surface area contributed by atoms with Crippen molar-refractivity contribution in [2.75, 3.05) is 0 Å². The van der Waals surface area contributed by atoms with Crippen LogP contribution in [0.4, 0.5) is 13.2 Å². The number of thiazole rings is 1. The average Bonchev–Trinajstić information content (AvgIpc) is 2.75. The summed E-state index contributed by atoms with van der Waals surface area (Å²) in [6, 6.07) is -0.0423. The normalized spacial score (nSPS) is 26.4. The first kappa shape index (κ1) is 14.8. The van der Waals surface area contributed by atoms with Crippen LogP contribution in [0.25, 0.3) is 0 Å². The van der Waals surface area contributed by atoms with Crippen molar-refractivity contribution in [3.63, 3.8) is 0 Å². The molecule has 6 heteroatoms. The summed E-state index contributed by atoms with van der Waals surface area (Å²) in [5.41, 5.74) is 0.927. The number of aromatic nitrogens is 1. The fourth-order valence-electron chi connectivity index (χ4n) is 2.66. The Morgan fingerprint density at radius 1 is 1.42 bits per heavy atom. The third-order valence-electron chi connectivity index (χ3n) is 3.70. The van der Waals surface area contributed by atoms with Gasteiger partial charge in [-0.25, -0.2) is 4.98 Å². The maximum absolute atomic E-state index is 12.7. The third kappa shape index (κ3) is 3.92. The molecule has 1 N–H and O–H groups in total. The van der Waals surface area contributed by atoms with E-state index in [9.17, 15) is 13.2 Å². The highest BCUT2D eigenvalue weighted by Gasteiger charge is 2.42. The highest BCUT2D eigenvalue weighted by atomic mass is 32.1. The molecule has 1 aliphatic carbocycles. The van der Waals surface area contributed by atoms with Gasteiger partial charge in [-0.15, -0.1) is 11.3 Å². The molecule has 0 amide bonds. The minimum atomic E-state index is -4.05. The molecule has 1 aromatic heterocycles. The second-order valence-electron chi connectivity index (χ2n) is 5.28. The van der Waals surface area contributed by atoms with Gasteiger partial charge in [0.05, 0.1) is 16.6 Å². The Balaban J connectivity index is 1.92.